The first-order valence-corrected chi connectivity index (χ1v) is 6.11. The molecular weight excluding hydrogens is 214 g/mol. The predicted molar refractivity (Wildman–Crippen MR) is 68.3 cm³/mol. The molecule has 0 aliphatic heterocycles. The largest absolute Gasteiger partial charge is 0.310 e. The molecule has 0 amide bonds. The second kappa shape index (κ2) is 4.65. The molecule has 2 heterocycles. The van der Waals surface area contributed by atoms with Crippen LogP contribution in [0.3, 0.4) is 0 Å². The van der Waals surface area contributed by atoms with Gasteiger partial charge in [-0.1, -0.05) is 20.8 Å². The zero-order valence-corrected chi connectivity index (χ0v) is 10.5. The minimum absolute atomic E-state index is 0.0705. The fourth-order valence-electron chi connectivity index (χ4n) is 1.95. The molecule has 4 heteroatoms. The molecule has 4 nitrogen and oxygen atoms in total. The van der Waals surface area contributed by atoms with Gasteiger partial charge in [0.1, 0.15) is 5.82 Å². The van der Waals surface area contributed by atoms with Crippen molar-refractivity contribution < 1.29 is 0 Å². The Morgan fingerprint density at radius 1 is 1.12 bits per heavy atom. The maximum Gasteiger partial charge on any atom is 0.260 e. The van der Waals surface area contributed by atoms with Crippen LogP contribution >= 0.6 is 0 Å². The molecule has 0 radical (unpaired) electrons. The minimum atomic E-state index is -0.0705. The van der Waals surface area contributed by atoms with Crippen LogP contribution in [0.5, 0.6) is 0 Å². The van der Waals surface area contributed by atoms with E-state index in [9.17, 15) is 4.79 Å². The lowest BCUT2D eigenvalue weighted by molar-refractivity contribution is 0.923. The van der Waals surface area contributed by atoms with Crippen molar-refractivity contribution in [2.45, 2.75) is 40.0 Å². The van der Waals surface area contributed by atoms with Crippen molar-refractivity contribution in [2.24, 2.45) is 0 Å². The van der Waals surface area contributed by atoms with E-state index in [2.05, 4.69) is 21.9 Å². The van der Waals surface area contributed by atoms with Crippen molar-refractivity contribution in [3.63, 3.8) is 0 Å². The summed E-state index contributed by atoms with van der Waals surface area (Å²) in [4.78, 5) is 23.7. The standard InChI is InChI=1S/C13H17N3O/c1-4-8-7-9(5-2)14-12-11(8)13(17)16-10(6-3)15-12/h7H,4-6H2,1-3H3,(H,14,15,16,17). The predicted octanol–water partition coefficient (Wildman–Crippen LogP) is 2.01. The van der Waals surface area contributed by atoms with E-state index >= 15 is 0 Å². The SMILES string of the molecule is CCc1cc(CC)c2c(=O)[nH]c(CC)nc2n1. The van der Waals surface area contributed by atoms with Crippen LogP contribution in [0.1, 0.15) is 37.9 Å². The molecule has 2 aromatic rings. The molecule has 0 fully saturated rings. The van der Waals surface area contributed by atoms with Gasteiger partial charge in [-0.05, 0) is 24.5 Å². The summed E-state index contributed by atoms with van der Waals surface area (Å²) in [6.07, 6.45) is 2.39. The third-order valence-electron chi connectivity index (χ3n) is 2.94. The molecule has 2 rings (SSSR count). The number of pyridine rings is 1. The first-order valence-electron chi connectivity index (χ1n) is 6.11. The van der Waals surface area contributed by atoms with Crippen molar-refractivity contribution >= 4 is 11.0 Å². The van der Waals surface area contributed by atoms with Gasteiger partial charge in [-0.25, -0.2) is 9.97 Å². The van der Waals surface area contributed by atoms with Crippen LogP contribution in [0.25, 0.3) is 11.0 Å². The Bertz CT molecular complexity index is 596. The molecule has 1 N–H and O–H groups in total. The number of fused-ring (bicyclic) bond motifs is 1. The second-order valence-corrected chi connectivity index (χ2v) is 4.04. The second-order valence-electron chi connectivity index (χ2n) is 4.04. The van der Waals surface area contributed by atoms with E-state index in [1.54, 1.807) is 0 Å². The third kappa shape index (κ3) is 2.07. The Kier molecular flexibility index (Phi) is 3.22. The van der Waals surface area contributed by atoms with E-state index in [-0.39, 0.29) is 5.56 Å². The van der Waals surface area contributed by atoms with Gasteiger partial charge < -0.3 is 4.98 Å². The molecule has 90 valence electrons. The molecule has 0 spiro atoms. The van der Waals surface area contributed by atoms with Gasteiger partial charge in [0, 0.05) is 12.1 Å². The first kappa shape index (κ1) is 11.8. The maximum absolute atomic E-state index is 12.0. The zero-order valence-electron chi connectivity index (χ0n) is 10.5. The van der Waals surface area contributed by atoms with Crippen LogP contribution in [0.4, 0.5) is 0 Å². The Morgan fingerprint density at radius 2 is 1.88 bits per heavy atom. The van der Waals surface area contributed by atoms with Gasteiger partial charge in [0.2, 0.25) is 0 Å². The minimum Gasteiger partial charge on any atom is -0.310 e. The molecule has 2 aromatic heterocycles. The van der Waals surface area contributed by atoms with Crippen LogP contribution in [0, 0.1) is 0 Å². The highest BCUT2D eigenvalue weighted by Crippen LogP contribution is 2.14. The molecule has 0 aromatic carbocycles. The number of H-pyrrole nitrogens is 1. The summed E-state index contributed by atoms with van der Waals surface area (Å²) >= 11 is 0. The average Bonchev–Trinajstić information content (AvgIpc) is 2.36. The summed E-state index contributed by atoms with van der Waals surface area (Å²) in [5, 5.41) is 0.641. The molecule has 0 aliphatic rings. The number of nitrogens with zero attached hydrogens (tertiary/aromatic N) is 2. The zero-order chi connectivity index (χ0) is 12.4. The average molecular weight is 231 g/mol. The quantitative estimate of drug-likeness (QED) is 0.879. The number of rotatable bonds is 3. The molecular formula is C13H17N3O. The number of hydrogen-bond donors (Lipinski definition) is 1. The lowest BCUT2D eigenvalue weighted by Gasteiger charge is -2.06. The highest BCUT2D eigenvalue weighted by atomic mass is 16.1. The molecule has 0 atom stereocenters. The van der Waals surface area contributed by atoms with Crippen molar-refractivity contribution in [1.29, 1.82) is 0 Å². The lowest BCUT2D eigenvalue weighted by Crippen LogP contribution is -2.14. The Labute approximate surface area is 100 Å². The van der Waals surface area contributed by atoms with E-state index in [4.69, 9.17) is 0 Å². The van der Waals surface area contributed by atoms with Crippen LogP contribution < -0.4 is 5.56 Å². The Hall–Kier alpha value is -1.71. The topological polar surface area (TPSA) is 58.6 Å². The van der Waals surface area contributed by atoms with Crippen LogP contribution in [-0.4, -0.2) is 15.0 Å². The molecule has 17 heavy (non-hydrogen) atoms. The van der Waals surface area contributed by atoms with Crippen LogP contribution in [0.15, 0.2) is 10.9 Å². The summed E-state index contributed by atoms with van der Waals surface area (Å²) in [6, 6.07) is 2.00. The van der Waals surface area contributed by atoms with E-state index in [1.807, 2.05) is 19.9 Å². The number of aromatic nitrogens is 3. The molecule has 0 saturated heterocycles. The van der Waals surface area contributed by atoms with Gasteiger partial charge in [-0.3, -0.25) is 4.79 Å². The van der Waals surface area contributed by atoms with Gasteiger partial charge in [-0.15, -0.1) is 0 Å². The normalized spacial score (nSPS) is 11.0. The van der Waals surface area contributed by atoms with Gasteiger partial charge in [-0.2, -0.15) is 0 Å². The van der Waals surface area contributed by atoms with E-state index < -0.39 is 0 Å². The van der Waals surface area contributed by atoms with Gasteiger partial charge >= 0.3 is 0 Å². The summed E-state index contributed by atoms with van der Waals surface area (Å²) in [7, 11) is 0. The Morgan fingerprint density at radius 3 is 2.47 bits per heavy atom. The van der Waals surface area contributed by atoms with Gasteiger partial charge in [0.25, 0.3) is 5.56 Å². The summed E-state index contributed by atoms with van der Waals surface area (Å²) in [6.45, 7) is 6.07. The number of hydrogen-bond acceptors (Lipinski definition) is 3. The molecule has 0 aliphatic carbocycles. The number of aryl methyl sites for hydroxylation is 3. The van der Waals surface area contributed by atoms with Crippen LogP contribution in [0.2, 0.25) is 0 Å². The fourth-order valence-corrected chi connectivity index (χ4v) is 1.95. The van der Waals surface area contributed by atoms with E-state index in [0.29, 0.717) is 23.3 Å². The first-order chi connectivity index (χ1) is 8.19. The van der Waals surface area contributed by atoms with Crippen molar-refractivity contribution in [2.75, 3.05) is 0 Å². The molecule has 0 saturated carbocycles. The van der Waals surface area contributed by atoms with E-state index in [0.717, 1.165) is 24.1 Å². The van der Waals surface area contributed by atoms with Crippen LogP contribution in [-0.2, 0) is 19.3 Å². The smallest absolute Gasteiger partial charge is 0.260 e. The van der Waals surface area contributed by atoms with Gasteiger partial charge in [0.05, 0.1) is 5.39 Å². The van der Waals surface area contributed by atoms with Gasteiger partial charge in [0.15, 0.2) is 5.65 Å². The van der Waals surface area contributed by atoms with Crippen molar-refractivity contribution in [3.8, 4) is 0 Å². The molecule has 0 unspecified atom stereocenters. The van der Waals surface area contributed by atoms with Crippen molar-refractivity contribution in [3.05, 3.63) is 33.5 Å². The van der Waals surface area contributed by atoms with E-state index in [1.165, 1.54) is 0 Å². The number of nitrogens with one attached hydrogen (secondary N) is 1. The fraction of sp³-hybridized carbons (Fsp3) is 0.462. The number of aromatic amines is 1. The monoisotopic (exact) mass is 231 g/mol. The maximum atomic E-state index is 12.0. The highest BCUT2D eigenvalue weighted by molar-refractivity contribution is 5.77. The highest BCUT2D eigenvalue weighted by Gasteiger charge is 2.10. The lowest BCUT2D eigenvalue weighted by atomic mass is 10.1. The molecule has 0 bridgehead atoms. The Balaban J connectivity index is 2.84. The summed E-state index contributed by atoms with van der Waals surface area (Å²) < 4.78 is 0. The summed E-state index contributed by atoms with van der Waals surface area (Å²) in [5.74, 6) is 0.699. The summed E-state index contributed by atoms with van der Waals surface area (Å²) in [5.41, 5.74) is 2.54. The third-order valence-corrected chi connectivity index (χ3v) is 2.94. The van der Waals surface area contributed by atoms with Crippen molar-refractivity contribution in [1.82, 2.24) is 15.0 Å².